The van der Waals surface area contributed by atoms with Crippen LogP contribution in [-0.2, 0) is 28.9 Å². The Kier molecular flexibility index (Phi) is 4.49. The van der Waals surface area contributed by atoms with Crippen LogP contribution in [0.2, 0.25) is 0 Å². The first kappa shape index (κ1) is 17.4. The van der Waals surface area contributed by atoms with Crippen molar-refractivity contribution < 1.29 is 9.53 Å². The summed E-state index contributed by atoms with van der Waals surface area (Å²) in [5.74, 6) is -0.265. The molecule has 3 aromatic rings. The van der Waals surface area contributed by atoms with Crippen molar-refractivity contribution in [1.29, 1.82) is 0 Å². The third-order valence-corrected chi connectivity index (χ3v) is 5.00. The summed E-state index contributed by atoms with van der Waals surface area (Å²) in [4.78, 5) is 29.6. The number of pyridine rings is 1. The molecule has 0 saturated carbocycles. The first-order chi connectivity index (χ1) is 13.1. The summed E-state index contributed by atoms with van der Waals surface area (Å²) >= 11 is 0. The maximum atomic E-state index is 12.8. The molecular weight excluding hydrogens is 342 g/mol. The highest BCUT2D eigenvalue weighted by molar-refractivity contribution is 5.83. The Morgan fingerprint density at radius 2 is 1.89 bits per heavy atom. The topological polar surface area (TPSA) is 72.7 Å². The zero-order valence-electron chi connectivity index (χ0n) is 15.1. The number of aromatic nitrogens is 2. The highest BCUT2D eigenvalue weighted by Crippen LogP contribution is 2.31. The van der Waals surface area contributed by atoms with Gasteiger partial charge >= 0.3 is 5.97 Å². The number of carbonyl (C=O) groups excluding carboxylic acids is 1. The van der Waals surface area contributed by atoms with Crippen LogP contribution in [-0.4, -0.2) is 27.5 Å². The molecule has 6 nitrogen and oxygen atoms in total. The van der Waals surface area contributed by atoms with Crippen molar-refractivity contribution in [2.45, 2.75) is 31.8 Å². The summed E-state index contributed by atoms with van der Waals surface area (Å²) in [7, 11) is 0. The smallest absolute Gasteiger partial charge is 0.327 e. The first-order valence-corrected chi connectivity index (χ1v) is 9.08. The molecule has 0 unspecified atom stereocenters. The number of fused-ring (bicyclic) bond motifs is 2. The highest BCUT2D eigenvalue weighted by Gasteiger charge is 2.44. The number of benzene rings is 1. The number of nitrogens with zero attached hydrogens (tertiary/aromatic N) is 2. The standard InChI is InChI=1S/C21H21N3O3/c1-2-27-20(26)21(12-15-7-3-4-8-16(15)13-21)22-14-17-11-19(25)24-10-6-5-9-18(24)23-17/h3-11,22H,2,12-14H2,1H3. The minimum atomic E-state index is -0.830. The van der Waals surface area contributed by atoms with Crippen LogP contribution in [0.5, 0.6) is 0 Å². The van der Waals surface area contributed by atoms with E-state index in [4.69, 9.17) is 4.74 Å². The number of hydrogen-bond donors (Lipinski definition) is 1. The van der Waals surface area contributed by atoms with Gasteiger partial charge in [0.25, 0.3) is 5.56 Å². The van der Waals surface area contributed by atoms with Crippen molar-refractivity contribution in [2.24, 2.45) is 0 Å². The van der Waals surface area contributed by atoms with Crippen molar-refractivity contribution in [1.82, 2.24) is 14.7 Å². The monoisotopic (exact) mass is 363 g/mol. The number of nitrogens with one attached hydrogen (secondary N) is 1. The van der Waals surface area contributed by atoms with Gasteiger partial charge in [-0.15, -0.1) is 0 Å². The maximum Gasteiger partial charge on any atom is 0.327 e. The molecule has 6 heteroatoms. The van der Waals surface area contributed by atoms with Crippen LogP contribution in [0, 0.1) is 0 Å². The lowest BCUT2D eigenvalue weighted by molar-refractivity contribution is -0.151. The molecule has 0 radical (unpaired) electrons. The lowest BCUT2D eigenvalue weighted by Gasteiger charge is -2.28. The van der Waals surface area contributed by atoms with E-state index in [1.165, 1.54) is 10.5 Å². The van der Waals surface area contributed by atoms with Gasteiger partial charge in [0.2, 0.25) is 0 Å². The van der Waals surface area contributed by atoms with Crippen LogP contribution in [0.1, 0.15) is 23.7 Å². The minimum Gasteiger partial charge on any atom is -0.465 e. The largest absolute Gasteiger partial charge is 0.465 e. The molecule has 0 fully saturated rings. The average molecular weight is 363 g/mol. The molecule has 27 heavy (non-hydrogen) atoms. The quantitative estimate of drug-likeness (QED) is 0.701. The lowest BCUT2D eigenvalue weighted by atomic mass is 9.95. The maximum absolute atomic E-state index is 12.8. The van der Waals surface area contributed by atoms with Gasteiger partial charge in [0.15, 0.2) is 0 Å². The van der Waals surface area contributed by atoms with E-state index in [0.29, 0.717) is 37.3 Å². The normalized spacial score (nSPS) is 14.9. The van der Waals surface area contributed by atoms with E-state index in [-0.39, 0.29) is 11.5 Å². The van der Waals surface area contributed by atoms with Crippen LogP contribution in [0.25, 0.3) is 5.65 Å². The Morgan fingerprint density at radius 3 is 2.59 bits per heavy atom. The molecule has 1 aliphatic carbocycles. The van der Waals surface area contributed by atoms with Gasteiger partial charge in [0, 0.05) is 31.6 Å². The molecule has 1 aromatic carbocycles. The molecule has 1 N–H and O–H groups in total. The fourth-order valence-corrected chi connectivity index (χ4v) is 3.68. The highest BCUT2D eigenvalue weighted by atomic mass is 16.5. The Labute approximate surface area is 156 Å². The second kappa shape index (κ2) is 6.96. The fraction of sp³-hybridized carbons (Fsp3) is 0.286. The van der Waals surface area contributed by atoms with Crippen LogP contribution in [0.15, 0.2) is 59.5 Å². The van der Waals surface area contributed by atoms with Crippen molar-refractivity contribution >= 4 is 11.6 Å². The summed E-state index contributed by atoms with van der Waals surface area (Å²) in [6.07, 6.45) is 2.82. The average Bonchev–Trinajstić information content (AvgIpc) is 3.07. The second-order valence-electron chi connectivity index (χ2n) is 6.79. The Morgan fingerprint density at radius 1 is 1.19 bits per heavy atom. The van der Waals surface area contributed by atoms with E-state index in [1.54, 1.807) is 25.3 Å². The summed E-state index contributed by atoms with van der Waals surface area (Å²) in [5, 5.41) is 3.35. The van der Waals surface area contributed by atoms with Gasteiger partial charge in [-0.05, 0) is 30.2 Å². The predicted molar refractivity (Wildman–Crippen MR) is 102 cm³/mol. The molecule has 1 aliphatic rings. The van der Waals surface area contributed by atoms with E-state index in [0.717, 1.165) is 11.1 Å². The molecule has 0 spiro atoms. The molecule has 2 heterocycles. The summed E-state index contributed by atoms with van der Waals surface area (Å²) in [6, 6.07) is 15.0. The zero-order valence-corrected chi connectivity index (χ0v) is 15.1. The molecular formula is C21H21N3O3. The first-order valence-electron chi connectivity index (χ1n) is 9.08. The van der Waals surface area contributed by atoms with E-state index in [1.807, 2.05) is 30.3 Å². The third-order valence-electron chi connectivity index (χ3n) is 5.00. The minimum absolute atomic E-state index is 0.141. The van der Waals surface area contributed by atoms with Gasteiger partial charge in [0.1, 0.15) is 11.2 Å². The van der Waals surface area contributed by atoms with Crippen LogP contribution >= 0.6 is 0 Å². The summed E-state index contributed by atoms with van der Waals surface area (Å²) in [5.41, 5.74) is 2.50. The number of rotatable bonds is 5. The molecule has 2 aromatic heterocycles. The molecule has 0 saturated heterocycles. The van der Waals surface area contributed by atoms with Crippen LogP contribution < -0.4 is 10.9 Å². The molecule has 138 valence electrons. The van der Waals surface area contributed by atoms with Crippen molar-refractivity contribution in [3.05, 3.63) is 81.9 Å². The van der Waals surface area contributed by atoms with Crippen LogP contribution in [0.4, 0.5) is 0 Å². The van der Waals surface area contributed by atoms with Gasteiger partial charge in [-0.1, -0.05) is 30.3 Å². The van der Waals surface area contributed by atoms with Gasteiger partial charge in [-0.2, -0.15) is 0 Å². The van der Waals surface area contributed by atoms with Gasteiger partial charge in [-0.25, -0.2) is 4.98 Å². The molecule has 0 amide bonds. The predicted octanol–water partition coefficient (Wildman–Crippen LogP) is 1.88. The van der Waals surface area contributed by atoms with Crippen molar-refractivity contribution in [2.75, 3.05) is 6.61 Å². The van der Waals surface area contributed by atoms with E-state index < -0.39 is 5.54 Å². The Hall–Kier alpha value is -2.99. The number of carbonyl (C=O) groups is 1. The molecule has 0 bridgehead atoms. The fourth-order valence-electron chi connectivity index (χ4n) is 3.68. The number of hydrogen-bond acceptors (Lipinski definition) is 5. The van der Waals surface area contributed by atoms with Crippen molar-refractivity contribution in [3.8, 4) is 0 Å². The van der Waals surface area contributed by atoms with E-state index in [9.17, 15) is 9.59 Å². The molecule has 0 atom stereocenters. The van der Waals surface area contributed by atoms with E-state index >= 15 is 0 Å². The summed E-state index contributed by atoms with van der Waals surface area (Å²) < 4.78 is 6.85. The van der Waals surface area contributed by atoms with Gasteiger partial charge in [-0.3, -0.25) is 19.3 Å². The SMILES string of the molecule is CCOC(=O)C1(NCc2cc(=O)n3ccccc3n2)Cc2ccccc2C1. The number of esters is 1. The van der Waals surface area contributed by atoms with Gasteiger partial charge < -0.3 is 4.74 Å². The van der Waals surface area contributed by atoms with E-state index in [2.05, 4.69) is 10.3 Å². The zero-order chi connectivity index (χ0) is 18.9. The third kappa shape index (κ3) is 3.24. The Balaban J connectivity index is 1.62. The van der Waals surface area contributed by atoms with Gasteiger partial charge in [0.05, 0.1) is 12.3 Å². The van der Waals surface area contributed by atoms with Crippen molar-refractivity contribution in [3.63, 3.8) is 0 Å². The second-order valence-corrected chi connectivity index (χ2v) is 6.79. The Bertz CT molecular complexity index is 1030. The summed E-state index contributed by atoms with van der Waals surface area (Å²) in [6.45, 7) is 2.45. The molecule has 0 aliphatic heterocycles. The molecule has 4 rings (SSSR count). The van der Waals surface area contributed by atoms with Crippen LogP contribution in [0.3, 0.4) is 0 Å². The lowest BCUT2D eigenvalue weighted by Crippen LogP contribution is -2.53. The number of ether oxygens (including phenoxy) is 1.